The van der Waals surface area contributed by atoms with Crippen molar-refractivity contribution in [1.29, 1.82) is 0 Å². The molecule has 0 unspecified atom stereocenters. The Labute approximate surface area is 120 Å². The van der Waals surface area contributed by atoms with Crippen LogP contribution in [0.4, 0.5) is 5.69 Å². The van der Waals surface area contributed by atoms with Gasteiger partial charge in [0.05, 0.1) is 29.7 Å². The molecule has 20 heavy (non-hydrogen) atoms. The number of aryl methyl sites for hydroxylation is 2. The highest BCUT2D eigenvalue weighted by atomic mass is 16.5. The summed E-state index contributed by atoms with van der Waals surface area (Å²) >= 11 is 0. The Morgan fingerprint density at radius 2 is 2.30 bits per heavy atom. The van der Waals surface area contributed by atoms with Crippen molar-refractivity contribution in [1.82, 2.24) is 14.7 Å². The first-order chi connectivity index (χ1) is 9.47. The predicted molar refractivity (Wildman–Crippen MR) is 77.8 cm³/mol. The van der Waals surface area contributed by atoms with Crippen LogP contribution in [-0.4, -0.2) is 53.4 Å². The van der Waals surface area contributed by atoms with Gasteiger partial charge < -0.3 is 10.1 Å². The molecule has 1 aliphatic heterocycles. The lowest BCUT2D eigenvalue weighted by Crippen LogP contribution is -2.35. The molecule has 6 heteroatoms. The number of carbonyl (C=O) groups excluding carboxylic acids is 1. The molecule has 1 aromatic rings. The number of likely N-dealkylation sites (N-methyl/N-ethyl adjacent to an activating group) is 1. The van der Waals surface area contributed by atoms with Crippen molar-refractivity contribution >= 4 is 11.6 Å². The van der Waals surface area contributed by atoms with E-state index in [2.05, 4.69) is 10.4 Å². The van der Waals surface area contributed by atoms with Crippen LogP contribution in [0.3, 0.4) is 0 Å². The first-order valence-corrected chi connectivity index (χ1v) is 7.07. The van der Waals surface area contributed by atoms with E-state index in [-0.39, 0.29) is 12.0 Å². The summed E-state index contributed by atoms with van der Waals surface area (Å²) in [5.74, 6) is -0.00954. The van der Waals surface area contributed by atoms with Gasteiger partial charge in [0.15, 0.2) is 0 Å². The van der Waals surface area contributed by atoms with Crippen LogP contribution in [0.15, 0.2) is 0 Å². The number of hydrogen-bond acceptors (Lipinski definition) is 4. The Kier molecular flexibility index (Phi) is 4.77. The van der Waals surface area contributed by atoms with Crippen molar-refractivity contribution in [3.63, 3.8) is 0 Å². The molecule has 1 N–H and O–H groups in total. The van der Waals surface area contributed by atoms with Crippen molar-refractivity contribution in [2.75, 3.05) is 32.1 Å². The fourth-order valence-electron chi connectivity index (χ4n) is 2.58. The number of anilines is 1. The topological polar surface area (TPSA) is 59.4 Å². The lowest BCUT2D eigenvalue weighted by molar-refractivity contribution is -0.117. The minimum absolute atomic E-state index is 0.00954. The molecule has 0 aliphatic carbocycles. The maximum atomic E-state index is 12.1. The van der Waals surface area contributed by atoms with E-state index in [0.29, 0.717) is 6.54 Å². The summed E-state index contributed by atoms with van der Waals surface area (Å²) in [4.78, 5) is 14.1. The second-order valence-corrected chi connectivity index (χ2v) is 5.55. The van der Waals surface area contributed by atoms with E-state index >= 15 is 0 Å². The molecule has 6 nitrogen and oxygen atoms in total. The summed E-state index contributed by atoms with van der Waals surface area (Å²) in [6.45, 7) is 5.87. The van der Waals surface area contributed by atoms with E-state index in [1.807, 2.05) is 32.8 Å². The molecule has 1 aliphatic rings. The summed E-state index contributed by atoms with van der Waals surface area (Å²) in [6, 6.07) is 0. The standard InChI is InChI=1S/C14H24N4O2/c1-10-14(11(2)18(4)16-10)15-13(19)9-17(3)8-12-6-5-7-20-12/h12H,5-9H2,1-4H3,(H,15,19)/t12-/m0/s1. The van der Waals surface area contributed by atoms with Gasteiger partial charge in [0.1, 0.15) is 0 Å². The number of ether oxygens (including phenoxy) is 1. The monoisotopic (exact) mass is 280 g/mol. The summed E-state index contributed by atoms with van der Waals surface area (Å²) in [5, 5.41) is 7.24. The molecule has 1 fully saturated rings. The number of nitrogens with zero attached hydrogens (tertiary/aromatic N) is 3. The van der Waals surface area contributed by atoms with Gasteiger partial charge in [-0.1, -0.05) is 0 Å². The molecule has 0 spiro atoms. The summed E-state index contributed by atoms with van der Waals surface area (Å²) in [6.07, 6.45) is 2.49. The Hall–Kier alpha value is -1.40. The average Bonchev–Trinajstić information content (AvgIpc) is 2.94. The number of aromatic nitrogens is 2. The lowest BCUT2D eigenvalue weighted by Gasteiger charge is -2.19. The average molecular weight is 280 g/mol. The molecule has 0 aromatic carbocycles. The van der Waals surface area contributed by atoms with Crippen molar-refractivity contribution < 1.29 is 9.53 Å². The fraction of sp³-hybridized carbons (Fsp3) is 0.714. The first kappa shape index (κ1) is 15.0. The van der Waals surface area contributed by atoms with E-state index in [9.17, 15) is 4.79 Å². The highest BCUT2D eigenvalue weighted by Gasteiger charge is 2.19. The molecule has 1 atom stereocenters. The van der Waals surface area contributed by atoms with Crippen LogP contribution in [-0.2, 0) is 16.6 Å². The minimum atomic E-state index is -0.00954. The maximum absolute atomic E-state index is 12.1. The SMILES string of the molecule is Cc1nn(C)c(C)c1NC(=O)CN(C)C[C@@H]1CCCO1. The van der Waals surface area contributed by atoms with Crippen molar-refractivity contribution in [2.24, 2.45) is 7.05 Å². The van der Waals surface area contributed by atoms with Gasteiger partial charge in [-0.05, 0) is 33.7 Å². The Bertz CT molecular complexity index is 478. The highest BCUT2D eigenvalue weighted by Crippen LogP contribution is 2.18. The zero-order valence-corrected chi connectivity index (χ0v) is 12.8. The van der Waals surface area contributed by atoms with Gasteiger partial charge in [-0.25, -0.2) is 0 Å². The molecule has 112 valence electrons. The molecule has 1 saturated heterocycles. The lowest BCUT2D eigenvalue weighted by atomic mass is 10.2. The number of rotatable bonds is 5. The highest BCUT2D eigenvalue weighted by molar-refractivity contribution is 5.93. The molecule has 0 saturated carbocycles. The van der Waals surface area contributed by atoms with E-state index in [4.69, 9.17) is 4.74 Å². The molecular formula is C14H24N4O2. The molecule has 0 radical (unpaired) electrons. The van der Waals surface area contributed by atoms with Gasteiger partial charge in [-0.2, -0.15) is 5.10 Å². The van der Waals surface area contributed by atoms with Crippen LogP contribution in [0.25, 0.3) is 0 Å². The third kappa shape index (κ3) is 3.58. The third-order valence-corrected chi connectivity index (χ3v) is 3.73. The van der Waals surface area contributed by atoms with Gasteiger partial charge in [-0.15, -0.1) is 0 Å². The normalized spacial score (nSPS) is 18.8. The second kappa shape index (κ2) is 6.37. The van der Waals surface area contributed by atoms with Crippen LogP contribution in [0, 0.1) is 13.8 Å². The molecule has 0 bridgehead atoms. The Morgan fingerprint density at radius 3 is 2.85 bits per heavy atom. The van der Waals surface area contributed by atoms with Crippen LogP contribution >= 0.6 is 0 Å². The van der Waals surface area contributed by atoms with E-state index < -0.39 is 0 Å². The van der Waals surface area contributed by atoms with Gasteiger partial charge >= 0.3 is 0 Å². The summed E-state index contributed by atoms with van der Waals surface area (Å²) in [7, 11) is 3.83. The van der Waals surface area contributed by atoms with Crippen molar-refractivity contribution in [3.8, 4) is 0 Å². The summed E-state index contributed by atoms with van der Waals surface area (Å²) in [5.41, 5.74) is 2.64. The van der Waals surface area contributed by atoms with Crippen molar-refractivity contribution in [2.45, 2.75) is 32.8 Å². The zero-order chi connectivity index (χ0) is 14.7. The van der Waals surface area contributed by atoms with Gasteiger partial charge in [0.2, 0.25) is 5.91 Å². The maximum Gasteiger partial charge on any atom is 0.238 e. The van der Waals surface area contributed by atoms with Crippen LogP contribution in [0.5, 0.6) is 0 Å². The molecule has 1 amide bonds. The molecule has 2 rings (SSSR count). The number of carbonyl (C=O) groups is 1. The van der Waals surface area contributed by atoms with Gasteiger partial charge in [-0.3, -0.25) is 14.4 Å². The van der Waals surface area contributed by atoms with Crippen LogP contribution in [0.2, 0.25) is 0 Å². The van der Waals surface area contributed by atoms with E-state index in [1.54, 1.807) is 4.68 Å². The number of amides is 1. The molecule has 1 aromatic heterocycles. The second-order valence-electron chi connectivity index (χ2n) is 5.55. The van der Waals surface area contributed by atoms with Gasteiger partial charge in [0.25, 0.3) is 0 Å². The molecule has 2 heterocycles. The smallest absolute Gasteiger partial charge is 0.238 e. The van der Waals surface area contributed by atoms with Crippen molar-refractivity contribution in [3.05, 3.63) is 11.4 Å². The van der Waals surface area contributed by atoms with Crippen LogP contribution < -0.4 is 5.32 Å². The minimum Gasteiger partial charge on any atom is -0.377 e. The predicted octanol–water partition coefficient (Wildman–Crippen LogP) is 1.09. The van der Waals surface area contributed by atoms with Crippen LogP contribution in [0.1, 0.15) is 24.2 Å². The quantitative estimate of drug-likeness (QED) is 0.877. The Morgan fingerprint density at radius 1 is 1.55 bits per heavy atom. The first-order valence-electron chi connectivity index (χ1n) is 7.07. The fourth-order valence-corrected chi connectivity index (χ4v) is 2.58. The number of nitrogens with one attached hydrogen (secondary N) is 1. The molecular weight excluding hydrogens is 256 g/mol. The zero-order valence-electron chi connectivity index (χ0n) is 12.8. The van der Waals surface area contributed by atoms with Gasteiger partial charge in [0, 0.05) is 20.2 Å². The number of hydrogen-bond donors (Lipinski definition) is 1. The third-order valence-electron chi connectivity index (χ3n) is 3.73. The largest absolute Gasteiger partial charge is 0.377 e. The Balaban J connectivity index is 1.85. The van der Waals surface area contributed by atoms with E-state index in [0.717, 1.165) is 43.1 Å². The van der Waals surface area contributed by atoms with E-state index in [1.165, 1.54) is 0 Å². The summed E-state index contributed by atoms with van der Waals surface area (Å²) < 4.78 is 7.36.